The molecule has 0 spiro atoms. The average Bonchev–Trinajstić information content (AvgIpc) is 2.95. The van der Waals surface area contributed by atoms with E-state index in [0.717, 1.165) is 0 Å². The first-order valence-corrected chi connectivity index (χ1v) is 7.09. The van der Waals surface area contributed by atoms with Crippen molar-refractivity contribution >= 4 is 39.4 Å². The fraction of sp³-hybridized carbons (Fsp3) is 0.143. The molecule has 1 aromatic carbocycles. The van der Waals surface area contributed by atoms with E-state index in [9.17, 15) is 9.59 Å². The molecule has 0 atom stereocenters. The van der Waals surface area contributed by atoms with Crippen molar-refractivity contribution < 1.29 is 18.7 Å². The highest BCUT2D eigenvalue weighted by atomic mass is 79.9. The van der Waals surface area contributed by atoms with Crippen LogP contribution in [0.2, 0.25) is 5.02 Å². The van der Waals surface area contributed by atoms with Gasteiger partial charge < -0.3 is 14.1 Å². The molecule has 2 aromatic rings. The second-order valence-corrected chi connectivity index (χ2v) is 5.48. The Hall–Kier alpha value is -1.79. The Kier molecular flexibility index (Phi) is 5.03. The summed E-state index contributed by atoms with van der Waals surface area (Å²) in [6, 6.07) is 7.91. The Morgan fingerprint density at radius 3 is 2.76 bits per heavy atom. The van der Waals surface area contributed by atoms with Crippen LogP contribution in [0, 0.1) is 0 Å². The lowest BCUT2D eigenvalue weighted by molar-refractivity contribution is -0.134. The van der Waals surface area contributed by atoms with Crippen LogP contribution < -0.4 is 4.74 Å². The largest absolute Gasteiger partial charge is 0.459 e. The lowest BCUT2D eigenvalue weighted by Gasteiger charge is -2.15. The quantitative estimate of drug-likeness (QED) is 0.610. The maximum absolute atomic E-state index is 11.9. The summed E-state index contributed by atoms with van der Waals surface area (Å²) in [4.78, 5) is 24.9. The standard InChI is InChI=1S/C14H11BrClNO4/c1-17(14(19)12-3-2-6-20-12)8-13(18)21-11-5-4-9(16)7-10(11)15/h2-7H,8H2,1H3. The highest BCUT2D eigenvalue weighted by Gasteiger charge is 2.18. The predicted molar refractivity (Wildman–Crippen MR) is 80.5 cm³/mol. The molecule has 0 fully saturated rings. The van der Waals surface area contributed by atoms with Gasteiger partial charge in [-0.15, -0.1) is 0 Å². The van der Waals surface area contributed by atoms with E-state index in [1.807, 2.05) is 0 Å². The minimum atomic E-state index is -0.569. The molecular weight excluding hydrogens is 362 g/mol. The van der Waals surface area contributed by atoms with Crippen LogP contribution in [-0.2, 0) is 4.79 Å². The minimum absolute atomic E-state index is 0.165. The lowest BCUT2D eigenvalue weighted by atomic mass is 10.3. The number of rotatable bonds is 4. The van der Waals surface area contributed by atoms with Gasteiger partial charge in [0.2, 0.25) is 0 Å². The van der Waals surface area contributed by atoms with Gasteiger partial charge in [0.15, 0.2) is 5.76 Å². The van der Waals surface area contributed by atoms with E-state index in [-0.39, 0.29) is 12.3 Å². The van der Waals surface area contributed by atoms with Gasteiger partial charge in [0, 0.05) is 12.1 Å². The first-order valence-electron chi connectivity index (χ1n) is 5.92. The Morgan fingerprint density at radius 1 is 1.38 bits per heavy atom. The van der Waals surface area contributed by atoms with Crippen LogP contribution in [0.25, 0.3) is 0 Å². The Morgan fingerprint density at radius 2 is 2.14 bits per heavy atom. The zero-order chi connectivity index (χ0) is 15.4. The zero-order valence-corrected chi connectivity index (χ0v) is 13.3. The molecule has 0 radical (unpaired) electrons. The number of carbonyl (C=O) groups is 2. The summed E-state index contributed by atoms with van der Waals surface area (Å²) in [5, 5.41) is 0.520. The van der Waals surface area contributed by atoms with Gasteiger partial charge in [-0.25, -0.2) is 4.79 Å². The summed E-state index contributed by atoms with van der Waals surface area (Å²) in [5.74, 6) is -0.464. The van der Waals surface area contributed by atoms with Crippen molar-refractivity contribution in [3.63, 3.8) is 0 Å². The number of esters is 1. The highest BCUT2D eigenvalue weighted by molar-refractivity contribution is 9.10. The minimum Gasteiger partial charge on any atom is -0.459 e. The van der Waals surface area contributed by atoms with E-state index in [2.05, 4.69) is 15.9 Å². The molecule has 0 aliphatic carbocycles. The number of benzene rings is 1. The number of ether oxygens (including phenoxy) is 1. The molecule has 110 valence electrons. The molecule has 0 saturated heterocycles. The van der Waals surface area contributed by atoms with Crippen molar-refractivity contribution in [3.8, 4) is 5.75 Å². The van der Waals surface area contributed by atoms with Crippen LogP contribution in [0.3, 0.4) is 0 Å². The van der Waals surface area contributed by atoms with E-state index >= 15 is 0 Å². The van der Waals surface area contributed by atoms with Crippen molar-refractivity contribution in [2.24, 2.45) is 0 Å². The third-order valence-electron chi connectivity index (χ3n) is 2.56. The summed E-state index contributed by atoms with van der Waals surface area (Å²) in [6.07, 6.45) is 1.39. The van der Waals surface area contributed by atoms with Gasteiger partial charge in [0.05, 0.1) is 10.7 Å². The van der Waals surface area contributed by atoms with E-state index < -0.39 is 11.9 Å². The summed E-state index contributed by atoms with van der Waals surface area (Å²) >= 11 is 9.05. The Balaban J connectivity index is 1.96. The second-order valence-electron chi connectivity index (χ2n) is 4.19. The number of amides is 1. The molecule has 0 aliphatic rings. The van der Waals surface area contributed by atoms with Crippen LogP contribution in [0.4, 0.5) is 0 Å². The van der Waals surface area contributed by atoms with Crippen LogP contribution in [0.15, 0.2) is 45.5 Å². The average molecular weight is 373 g/mol. The second kappa shape index (κ2) is 6.78. The topological polar surface area (TPSA) is 59.8 Å². The van der Waals surface area contributed by atoms with Gasteiger partial charge in [-0.05, 0) is 46.3 Å². The number of likely N-dealkylation sites (N-methyl/N-ethyl adjacent to an activating group) is 1. The monoisotopic (exact) mass is 371 g/mol. The summed E-state index contributed by atoms with van der Waals surface area (Å²) < 4.78 is 10.7. The normalized spacial score (nSPS) is 10.2. The molecule has 5 nitrogen and oxygen atoms in total. The zero-order valence-electron chi connectivity index (χ0n) is 11.0. The maximum Gasteiger partial charge on any atom is 0.331 e. The molecule has 1 amide bonds. The first-order chi connectivity index (χ1) is 9.97. The van der Waals surface area contributed by atoms with Gasteiger partial charge >= 0.3 is 5.97 Å². The predicted octanol–water partition coefficient (Wildman–Crippen LogP) is 3.37. The van der Waals surface area contributed by atoms with E-state index in [0.29, 0.717) is 15.2 Å². The fourth-order valence-electron chi connectivity index (χ4n) is 1.57. The molecule has 2 rings (SSSR count). The van der Waals surface area contributed by atoms with E-state index in [1.54, 1.807) is 24.3 Å². The van der Waals surface area contributed by atoms with Gasteiger partial charge in [-0.1, -0.05) is 11.6 Å². The molecule has 0 bridgehead atoms. The summed E-state index contributed by atoms with van der Waals surface area (Å²) in [7, 11) is 1.49. The van der Waals surface area contributed by atoms with Crippen LogP contribution >= 0.6 is 27.5 Å². The van der Waals surface area contributed by atoms with Gasteiger partial charge in [-0.3, -0.25) is 4.79 Å². The molecule has 0 saturated carbocycles. The molecule has 1 heterocycles. The molecule has 0 unspecified atom stereocenters. The summed E-state index contributed by atoms with van der Waals surface area (Å²) in [5.41, 5.74) is 0. The van der Waals surface area contributed by atoms with E-state index in [4.69, 9.17) is 20.8 Å². The van der Waals surface area contributed by atoms with Crippen LogP contribution in [-0.4, -0.2) is 30.4 Å². The van der Waals surface area contributed by atoms with Crippen molar-refractivity contribution in [3.05, 3.63) is 51.9 Å². The Bertz CT molecular complexity index is 657. The molecular formula is C14H11BrClNO4. The molecule has 0 N–H and O–H groups in total. The number of halogens is 2. The summed E-state index contributed by atoms with van der Waals surface area (Å²) in [6.45, 7) is -0.200. The van der Waals surface area contributed by atoms with Crippen LogP contribution in [0.5, 0.6) is 5.75 Å². The molecule has 1 aromatic heterocycles. The SMILES string of the molecule is CN(CC(=O)Oc1ccc(Cl)cc1Br)C(=O)c1ccco1. The number of nitrogens with zero attached hydrogens (tertiary/aromatic N) is 1. The van der Waals surface area contributed by atoms with Crippen molar-refractivity contribution in [1.29, 1.82) is 0 Å². The number of carbonyl (C=O) groups excluding carboxylic acids is 2. The Labute approximate surface area is 134 Å². The highest BCUT2D eigenvalue weighted by Crippen LogP contribution is 2.28. The van der Waals surface area contributed by atoms with Crippen molar-refractivity contribution in [2.45, 2.75) is 0 Å². The van der Waals surface area contributed by atoms with Gasteiger partial charge in [0.25, 0.3) is 5.91 Å². The number of hydrogen-bond donors (Lipinski definition) is 0. The van der Waals surface area contributed by atoms with Gasteiger partial charge in [0.1, 0.15) is 12.3 Å². The van der Waals surface area contributed by atoms with E-state index in [1.165, 1.54) is 24.3 Å². The van der Waals surface area contributed by atoms with Crippen LogP contribution in [0.1, 0.15) is 10.6 Å². The maximum atomic E-state index is 11.9. The third kappa shape index (κ3) is 4.09. The molecule has 21 heavy (non-hydrogen) atoms. The number of hydrogen-bond acceptors (Lipinski definition) is 4. The number of furan rings is 1. The molecule has 7 heteroatoms. The van der Waals surface area contributed by atoms with Crippen molar-refractivity contribution in [1.82, 2.24) is 4.90 Å². The lowest BCUT2D eigenvalue weighted by Crippen LogP contribution is -2.33. The van der Waals surface area contributed by atoms with Gasteiger partial charge in [-0.2, -0.15) is 0 Å². The van der Waals surface area contributed by atoms with Crippen molar-refractivity contribution in [2.75, 3.05) is 13.6 Å². The smallest absolute Gasteiger partial charge is 0.331 e. The first kappa shape index (κ1) is 15.6. The third-order valence-corrected chi connectivity index (χ3v) is 3.42. The fourth-order valence-corrected chi connectivity index (χ4v) is 2.33. The molecule has 0 aliphatic heterocycles.